The number of aryl methyl sites for hydroxylation is 1. The molecule has 0 saturated carbocycles. The maximum atomic E-state index is 12.0. The molecule has 2 N–H and O–H groups in total. The van der Waals surface area contributed by atoms with Crippen LogP contribution in [0.2, 0.25) is 0 Å². The first-order valence-electron chi connectivity index (χ1n) is 6.89. The fraction of sp³-hybridized carbons (Fsp3) is 0.750. The minimum Gasteiger partial charge on any atom is -0.316 e. The number of nitrogens with one attached hydrogen (secondary N) is 2. The predicted octanol–water partition coefficient (Wildman–Crippen LogP) is -0.618. The second-order valence-electron chi connectivity index (χ2n) is 5.18. The summed E-state index contributed by atoms with van der Waals surface area (Å²) in [5.74, 6) is 0. The van der Waals surface area contributed by atoms with Gasteiger partial charge in [-0.25, -0.2) is 13.1 Å². The summed E-state index contributed by atoms with van der Waals surface area (Å²) in [6.45, 7) is 3.17. The third-order valence-corrected chi connectivity index (χ3v) is 5.04. The molecule has 0 amide bonds. The molecular weight excluding hydrogens is 278 g/mol. The number of likely N-dealkylation sites (N-methyl/N-ethyl adjacent to an activating group) is 1. The first kappa shape index (κ1) is 15.4. The molecule has 0 spiro atoms. The van der Waals surface area contributed by atoms with Gasteiger partial charge in [0.05, 0.1) is 6.20 Å². The Bertz CT molecular complexity index is 528. The minimum atomic E-state index is -3.43. The smallest absolute Gasteiger partial charge is 0.243 e. The monoisotopic (exact) mass is 301 g/mol. The van der Waals surface area contributed by atoms with Gasteiger partial charge in [0.15, 0.2) is 0 Å². The van der Waals surface area contributed by atoms with Crippen molar-refractivity contribution in [3.05, 3.63) is 12.4 Å². The summed E-state index contributed by atoms with van der Waals surface area (Å²) in [7, 11) is 0.236. The van der Waals surface area contributed by atoms with E-state index in [0.717, 1.165) is 26.1 Å². The number of aromatic nitrogens is 2. The summed E-state index contributed by atoms with van der Waals surface area (Å²) in [6, 6.07) is 0.513. The molecule has 1 saturated heterocycles. The van der Waals surface area contributed by atoms with E-state index < -0.39 is 10.0 Å². The van der Waals surface area contributed by atoms with Gasteiger partial charge in [0.25, 0.3) is 0 Å². The molecule has 2 heterocycles. The van der Waals surface area contributed by atoms with E-state index in [0.29, 0.717) is 12.6 Å². The standard InChI is InChI=1S/C12H23N5O2S/c1-13-11-4-3-6-17(9-11)7-5-15-20(18,19)12-8-14-16(2)10-12/h8,10-11,13,15H,3-7,9H2,1-2H3. The van der Waals surface area contributed by atoms with Crippen LogP contribution in [0, 0.1) is 0 Å². The minimum absolute atomic E-state index is 0.215. The molecule has 114 valence electrons. The van der Waals surface area contributed by atoms with Crippen molar-refractivity contribution < 1.29 is 8.42 Å². The highest BCUT2D eigenvalue weighted by Crippen LogP contribution is 2.09. The Morgan fingerprint density at radius 2 is 2.30 bits per heavy atom. The molecule has 1 aromatic heterocycles. The number of nitrogens with zero attached hydrogens (tertiary/aromatic N) is 3. The summed E-state index contributed by atoms with van der Waals surface area (Å²) in [6.07, 6.45) is 5.20. The average Bonchev–Trinajstić information content (AvgIpc) is 2.86. The van der Waals surface area contributed by atoms with Crippen LogP contribution in [0.25, 0.3) is 0 Å². The lowest BCUT2D eigenvalue weighted by Crippen LogP contribution is -2.46. The zero-order valence-electron chi connectivity index (χ0n) is 12.0. The van der Waals surface area contributed by atoms with Gasteiger partial charge in [0, 0.05) is 38.9 Å². The van der Waals surface area contributed by atoms with Crippen LogP contribution in [0.15, 0.2) is 17.3 Å². The molecule has 1 fully saturated rings. The average molecular weight is 301 g/mol. The second kappa shape index (κ2) is 6.66. The Kier molecular flexibility index (Phi) is 5.14. The molecule has 1 unspecified atom stereocenters. The number of rotatable bonds is 6. The van der Waals surface area contributed by atoms with Gasteiger partial charge in [-0.3, -0.25) is 4.68 Å². The molecule has 0 bridgehead atoms. The number of hydrogen-bond acceptors (Lipinski definition) is 5. The molecule has 0 radical (unpaired) electrons. The van der Waals surface area contributed by atoms with Crippen molar-refractivity contribution >= 4 is 10.0 Å². The van der Waals surface area contributed by atoms with Crippen LogP contribution in [0.5, 0.6) is 0 Å². The van der Waals surface area contributed by atoms with E-state index in [-0.39, 0.29) is 4.90 Å². The van der Waals surface area contributed by atoms with Gasteiger partial charge in [-0.15, -0.1) is 0 Å². The van der Waals surface area contributed by atoms with Gasteiger partial charge >= 0.3 is 0 Å². The number of sulfonamides is 1. The van der Waals surface area contributed by atoms with Gasteiger partial charge in [0.1, 0.15) is 4.90 Å². The molecule has 2 rings (SSSR count). The Balaban J connectivity index is 1.80. The van der Waals surface area contributed by atoms with Crippen molar-refractivity contribution in [3.63, 3.8) is 0 Å². The highest BCUT2D eigenvalue weighted by atomic mass is 32.2. The summed E-state index contributed by atoms with van der Waals surface area (Å²) in [4.78, 5) is 2.50. The molecule has 0 aromatic carbocycles. The maximum Gasteiger partial charge on any atom is 0.243 e. The molecule has 1 aliphatic rings. The van der Waals surface area contributed by atoms with Crippen LogP contribution in [0.3, 0.4) is 0 Å². The molecule has 1 aromatic rings. The largest absolute Gasteiger partial charge is 0.316 e. The van der Waals surface area contributed by atoms with Gasteiger partial charge < -0.3 is 10.2 Å². The Morgan fingerprint density at radius 1 is 1.50 bits per heavy atom. The van der Waals surface area contributed by atoms with Crippen molar-refractivity contribution in [2.45, 2.75) is 23.8 Å². The summed E-state index contributed by atoms with van der Waals surface area (Å²) < 4.78 is 28.1. The van der Waals surface area contributed by atoms with E-state index in [9.17, 15) is 8.42 Å². The van der Waals surface area contributed by atoms with E-state index in [4.69, 9.17) is 0 Å². The maximum absolute atomic E-state index is 12.0. The second-order valence-corrected chi connectivity index (χ2v) is 6.94. The number of likely N-dealkylation sites (tertiary alicyclic amines) is 1. The molecular formula is C12H23N5O2S. The fourth-order valence-corrected chi connectivity index (χ4v) is 3.46. The number of piperidine rings is 1. The van der Waals surface area contributed by atoms with E-state index in [2.05, 4.69) is 20.0 Å². The van der Waals surface area contributed by atoms with Crippen LogP contribution in [0.4, 0.5) is 0 Å². The van der Waals surface area contributed by atoms with Crippen molar-refractivity contribution in [1.29, 1.82) is 0 Å². The zero-order chi connectivity index (χ0) is 14.6. The Morgan fingerprint density at radius 3 is 2.95 bits per heavy atom. The van der Waals surface area contributed by atoms with Crippen molar-refractivity contribution in [3.8, 4) is 0 Å². The van der Waals surface area contributed by atoms with Crippen LogP contribution >= 0.6 is 0 Å². The molecule has 1 aliphatic heterocycles. The highest BCUT2D eigenvalue weighted by molar-refractivity contribution is 7.89. The van der Waals surface area contributed by atoms with Crippen LogP contribution in [-0.2, 0) is 17.1 Å². The number of hydrogen-bond donors (Lipinski definition) is 2. The zero-order valence-corrected chi connectivity index (χ0v) is 12.9. The van der Waals surface area contributed by atoms with E-state index in [1.807, 2.05) is 7.05 Å². The van der Waals surface area contributed by atoms with E-state index in [1.54, 1.807) is 7.05 Å². The Labute approximate surface area is 120 Å². The fourth-order valence-electron chi connectivity index (χ4n) is 2.45. The van der Waals surface area contributed by atoms with Gasteiger partial charge in [-0.2, -0.15) is 5.10 Å². The van der Waals surface area contributed by atoms with Crippen molar-refractivity contribution in [2.24, 2.45) is 7.05 Å². The first-order chi connectivity index (χ1) is 9.51. The first-order valence-corrected chi connectivity index (χ1v) is 8.37. The molecule has 1 atom stereocenters. The Hall–Kier alpha value is -0.960. The lowest BCUT2D eigenvalue weighted by molar-refractivity contribution is 0.198. The molecule has 0 aliphatic carbocycles. The van der Waals surface area contributed by atoms with E-state index in [1.165, 1.54) is 23.5 Å². The summed E-state index contributed by atoms with van der Waals surface area (Å²) in [5, 5.41) is 7.16. The SMILES string of the molecule is CNC1CCCN(CCNS(=O)(=O)c2cnn(C)c2)C1. The third-order valence-electron chi connectivity index (χ3n) is 3.63. The molecule has 8 heteroatoms. The molecule has 7 nitrogen and oxygen atoms in total. The topological polar surface area (TPSA) is 79.3 Å². The predicted molar refractivity (Wildman–Crippen MR) is 76.9 cm³/mol. The van der Waals surface area contributed by atoms with Gasteiger partial charge in [-0.1, -0.05) is 0 Å². The molecule has 20 heavy (non-hydrogen) atoms. The van der Waals surface area contributed by atoms with Crippen LogP contribution in [-0.4, -0.2) is 62.4 Å². The quantitative estimate of drug-likeness (QED) is 0.732. The van der Waals surface area contributed by atoms with Crippen molar-refractivity contribution in [1.82, 2.24) is 24.7 Å². The lowest BCUT2D eigenvalue weighted by atomic mass is 10.1. The van der Waals surface area contributed by atoms with Gasteiger partial charge in [-0.05, 0) is 26.4 Å². The summed E-state index contributed by atoms with van der Waals surface area (Å²) >= 11 is 0. The van der Waals surface area contributed by atoms with E-state index >= 15 is 0 Å². The summed E-state index contributed by atoms with van der Waals surface area (Å²) in [5.41, 5.74) is 0. The third kappa shape index (κ3) is 4.02. The van der Waals surface area contributed by atoms with Gasteiger partial charge in [0.2, 0.25) is 10.0 Å². The van der Waals surface area contributed by atoms with Crippen molar-refractivity contribution in [2.75, 3.05) is 33.2 Å². The highest BCUT2D eigenvalue weighted by Gasteiger charge is 2.19. The van der Waals surface area contributed by atoms with Crippen LogP contribution < -0.4 is 10.0 Å². The normalized spacial score (nSPS) is 21.2. The lowest BCUT2D eigenvalue weighted by Gasteiger charge is -2.32. The van der Waals surface area contributed by atoms with Crippen LogP contribution in [0.1, 0.15) is 12.8 Å².